The van der Waals surface area contributed by atoms with Crippen LogP contribution < -0.4 is 11.5 Å². The second kappa shape index (κ2) is 6.33. The fourth-order valence-electron chi connectivity index (χ4n) is 2.28. The third-order valence-electron chi connectivity index (χ3n) is 3.58. The maximum absolute atomic E-state index is 11.3. The van der Waals surface area contributed by atoms with Gasteiger partial charge in [-0.15, -0.1) is 0 Å². The lowest BCUT2D eigenvalue weighted by atomic mass is 9.89. The zero-order valence-electron chi connectivity index (χ0n) is 10.9. The van der Waals surface area contributed by atoms with Crippen molar-refractivity contribution >= 4 is 5.91 Å². The molecule has 2 atom stereocenters. The molecule has 1 amide bonds. The number of rotatable bonds is 7. The lowest BCUT2D eigenvalue weighted by molar-refractivity contribution is -0.126. The molecule has 0 aromatic carbocycles. The summed E-state index contributed by atoms with van der Waals surface area (Å²) in [5.41, 5.74) is 10.7. The SMILES string of the molecule is CCOC(CN)CCN1CCC(C)(C(N)=O)C1. The molecule has 2 unspecified atom stereocenters. The van der Waals surface area contributed by atoms with Crippen LogP contribution in [0, 0.1) is 5.41 Å². The van der Waals surface area contributed by atoms with E-state index in [1.54, 1.807) is 0 Å². The first-order chi connectivity index (χ1) is 8.01. The minimum Gasteiger partial charge on any atom is -0.377 e. The van der Waals surface area contributed by atoms with E-state index in [-0.39, 0.29) is 17.4 Å². The van der Waals surface area contributed by atoms with E-state index in [1.807, 2.05) is 13.8 Å². The topological polar surface area (TPSA) is 81.6 Å². The van der Waals surface area contributed by atoms with Gasteiger partial charge in [-0.1, -0.05) is 0 Å². The highest BCUT2D eigenvalue weighted by atomic mass is 16.5. The Morgan fingerprint density at radius 3 is 2.76 bits per heavy atom. The second-order valence-corrected chi connectivity index (χ2v) is 5.05. The first kappa shape index (κ1) is 14.4. The normalized spacial score (nSPS) is 27.2. The van der Waals surface area contributed by atoms with E-state index in [0.717, 1.165) is 32.5 Å². The van der Waals surface area contributed by atoms with Crippen molar-refractivity contribution in [1.29, 1.82) is 0 Å². The predicted octanol–water partition coefficient (Wildman–Crippen LogP) is -0.0624. The van der Waals surface area contributed by atoms with Crippen LogP contribution in [0.5, 0.6) is 0 Å². The van der Waals surface area contributed by atoms with Crippen LogP contribution >= 0.6 is 0 Å². The smallest absolute Gasteiger partial charge is 0.224 e. The molecule has 4 N–H and O–H groups in total. The van der Waals surface area contributed by atoms with Gasteiger partial charge in [0.15, 0.2) is 0 Å². The van der Waals surface area contributed by atoms with Gasteiger partial charge in [0.25, 0.3) is 0 Å². The highest BCUT2D eigenvalue weighted by Gasteiger charge is 2.38. The summed E-state index contributed by atoms with van der Waals surface area (Å²) in [4.78, 5) is 13.6. The summed E-state index contributed by atoms with van der Waals surface area (Å²) in [7, 11) is 0. The molecule has 1 aliphatic rings. The molecule has 0 radical (unpaired) electrons. The van der Waals surface area contributed by atoms with Gasteiger partial charge >= 0.3 is 0 Å². The largest absolute Gasteiger partial charge is 0.377 e. The van der Waals surface area contributed by atoms with Gasteiger partial charge < -0.3 is 21.1 Å². The van der Waals surface area contributed by atoms with Gasteiger partial charge in [0.05, 0.1) is 11.5 Å². The molecule has 1 aliphatic heterocycles. The Morgan fingerprint density at radius 1 is 1.59 bits per heavy atom. The molecule has 0 bridgehead atoms. The van der Waals surface area contributed by atoms with Crippen LogP contribution in [0.15, 0.2) is 0 Å². The maximum atomic E-state index is 11.3. The van der Waals surface area contributed by atoms with Gasteiger partial charge in [0.2, 0.25) is 5.91 Å². The van der Waals surface area contributed by atoms with Crippen LogP contribution in [0.4, 0.5) is 0 Å². The van der Waals surface area contributed by atoms with E-state index in [1.165, 1.54) is 0 Å². The molecule has 5 heteroatoms. The van der Waals surface area contributed by atoms with Crippen molar-refractivity contribution in [2.24, 2.45) is 16.9 Å². The first-order valence-corrected chi connectivity index (χ1v) is 6.35. The molecule has 0 aromatic heterocycles. The molecule has 1 saturated heterocycles. The summed E-state index contributed by atoms with van der Waals surface area (Å²) in [5.74, 6) is -0.194. The van der Waals surface area contributed by atoms with Gasteiger partial charge in [-0.05, 0) is 33.2 Å². The minimum atomic E-state index is -0.357. The number of amides is 1. The number of likely N-dealkylation sites (tertiary alicyclic amines) is 1. The zero-order chi connectivity index (χ0) is 12.9. The molecule has 0 saturated carbocycles. The molecule has 1 fully saturated rings. The Morgan fingerprint density at radius 2 is 2.29 bits per heavy atom. The maximum Gasteiger partial charge on any atom is 0.224 e. The number of ether oxygens (including phenoxy) is 1. The lowest BCUT2D eigenvalue weighted by Gasteiger charge is -2.22. The van der Waals surface area contributed by atoms with E-state index in [0.29, 0.717) is 13.2 Å². The van der Waals surface area contributed by atoms with E-state index < -0.39 is 0 Å². The highest BCUT2D eigenvalue weighted by molar-refractivity contribution is 5.81. The Bertz CT molecular complexity index is 260. The molecular formula is C12H25N3O2. The van der Waals surface area contributed by atoms with Crippen LogP contribution in [0.3, 0.4) is 0 Å². The fourth-order valence-corrected chi connectivity index (χ4v) is 2.28. The van der Waals surface area contributed by atoms with Crippen LogP contribution in [-0.2, 0) is 9.53 Å². The predicted molar refractivity (Wildman–Crippen MR) is 67.4 cm³/mol. The number of nitrogens with zero attached hydrogens (tertiary/aromatic N) is 1. The third kappa shape index (κ3) is 3.94. The molecule has 1 rings (SSSR count). The molecule has 1 heterocycles. The molecule has 5 nitrogen and oxygen atoms in total. The zero-order valence-corrected chi connectivity index (χ0v) is 10.9. The van der Waals surface area contributed by atoms with Gasteiger partial charge in [-0.2, -0.15) is 0 Å². The van der Waals surface area contributed by atoms with Crippen molar-refractivity contribution in [3.8, 4) is 0 Å². The van der Waals surface area contributed by atoms with E-state index in [9.17, 15) is 4.79 Å². The monoisotopic (exact) mass is 243 g/mol. The van der Waals surface area contributed by atoms with Gasteiger partial charge in [0, 0.05) is 26.2 Å². The number of primary amides is 1. The van der Waals surface area contributed by atoms with Crippen molar-refractivity contribution in [2.45, 2.75) is 32.8 Å². The average Bonchev–Trinajstić information content (AvgIpc) is 2.68. The Hall–Kier alpha value is -0.650. The summed E-state index contributed by atoms with van der Waals surface area (Å²) in [6.07, 6.45) is 1.89. The average molecular weight is 243 g/mol. The molecule has 0 spiro atoms. The van der Waals surface area contributed by atoms with Crippen LogP contribution in [0.1, 0.15) is 26.7 Å². The Kier molecular flexibility index (Phi) is 5.36. The highest BCUT2D eigenvalue weighted by Crippen LogP contribution is 2.29. The number of carbonyl (C=O) groups excluding carboxylic acids is 1. The van der Waals surface area contributed by atoms with Crippen LogP contribution in [-0.4, -0.2) is 49.7 Å². The van der Waals surface area contributed by atoms with Gasteiger partial charge in [-0.25, -0.2) is 0 Å². The van der Waals surface area contributed by atoms with E-state index in [4.69, 9.17) is 16.2 Å². The summed E-state index contributed by atoms with van der Waals surface area (Å²) < 4.78 is 5.51. The third-order valence-corrected chi connectivity index (χ3v) is 3.58. The lowest BCUT2D eigenvalue weighted by Crippen LogP contribution is -2.38. The first-order valence-electron chi connectivity index (χ1n) is 6.35. The minimum absolute atomic E-state index is 0.125. The molecule has 0 aliphatic carbocycles. The quantitative estimate of drug-likeness (QED) is 0.656. The van der Waals surface area contributed by atoms with E-state index in [2.05, 4.69) is 4.90 Å². The second-order valence-electron chi connectivity index (χ2n) is 5.05. The summed E-state index contributed by atoms with van der Waals surface area (Å²) >= 11 is 0. The number of nitrogens with two attached hydrogens (primary N) is 2. The molecular weight excluding hydrogens is 218 g/mol. The van der Waals surface area contributed by atoms with Crippen molar-refractivity contribution in [3.63, 3.8) is 0 Å². The molecule has 100 valence electrons. The Labute approximate surface area is 103 Å². The molecule has 17 heavy (non-hydrogen) atoms. The summed E-state index contributed by atoms with van der Waals surface area (Å²) in [6, 6.07) is 0. The summed E-state index contributed by atoms with van der Waals surface area (Å²) in [6.45, 7) is 7.77. The molecule has 0 aromatic rings. The van der Waals surface area contributed by atoms with Gasteiger partial charge in [-0.3, -0.25) is 4.79 Å². The van der Waals surface area contributed by atoms with Crippen molar-refractivity contribution in [1.82, 2.24) is 4.90 Å². The number of carbonyl (C=O) groups is 1. The van der Waals surface area contributed by atoms with Crippen LogP contribution in [0.25, 0.3) is 0 Å². The van der Waals surface area contributed by atoms with Crippen LogP contribution in [0.2, 0.25) is 0 Å². The van der Waals surface area contributed by atoms with Crippen molar-refractivity contribution in [3.05, 3.63) is 0 Å². The van der Waals surface area contributed by atoms with E-state index >= 15 is 0 Å². The fraction of sp³-hybridized carbons (Fsp3) is 0.917. The van der Waals surface area contributed by atoms with Crippen molar-refractivity contribution < 1.29 is 9.53 Å². The standard InChI is InChI=1S/C12H25N3O2/c1-3-17-10(8-13)4-6-15-7-5-12(2,9-15)11(14)16/h10H,3-9,13H2,1-2H3,(H2,14,16). The summed E-state index contributed by atoms with van der Waals surface area (Å²) in [5, 5.41) is 0. The number of hydrogen-bond acceptors (Lipinski definition) is 4. The van der Waals surface area contributed by atoms with Crippen molar-refractivity contribution in [2.75, 3.05) is 32.8 Å². The Balaban J connectivity index is 2.33. The number of hydrogen-bond donors (Lipinski definition) is 2. The van der Waals surface area contributed by atoms with Gasteiger partial charge in [0.1, 0.15) is 0 Å².